The molecule has 1 atom stereocenters. The quantitative estimate of drug-likeness (QED) is 0.835. The Morgan fingerprint density at radius 1 is 1.35 bits per heavy atom. The predicted molar refractivity (Wildman–Crippen MR) is 85.9 cm³/mol. The van der Waals surface area contributed by atoms with E-state index >= 15 is 0 Å². The van der Waals surface area contributed by atoms with Gasteiger partial charge in [0.2, 0.25) is 0 Å². The molecule has 0 aliphatic heterocycles. The highest BCUT2D eigenvalue weighted by atomic mass is 15.3. The van der Waals surface area contributed by atoms with E-state index in [0.29, 0.717) is 6.54 Å². The Morgan fingerprint density at radius 3 is 2.45 bits per heavy atom. The number of aryl methyl sites for hydroxylation is 1. The first-order valence-electron chi connectivity index (χ1n) is 7.83. The van der Waals surface area contributed by atoms with Crippen LogP contribution in [0.3, 0.4) is 0 Å². The molecule has 1 unspecified atom stereocenters. The maximum atomic E-state index is 6.10. The van der Waals surface area contributed by atoms with Crippen LogP contribution in [-0.4, -0.2) is 34.3 Å². The molecule has 0 fully saturated rings. The predicted octanol–water partition coefficient (Wildman–Crippen LogP) is 2.84. The largest absolute Gasteiger partial charge is 0.329 e. The van der Waals surface area contributed by atoms with Gasteiger partial charge in [-0.15, -0.1) is 0 Å². The number of hydrogen-bond donors (Lipinski definition) is 1. The first kappa shape index (κ1) is 17.2. The lowest BCUT2D eigenvalue weighted by molar-refractivity contribution is 0.207. The third kappa shape index (κ3) is 4.06. The Morgan fingerprint density at radius 2 is 2.00 bits per heavy atom. The van der Waals surface area contributed by atoms with Crippen molar-refractivity contribution in [2.75, 3.05) is 19.6 Å². The van der Waals surface area contributed by atoms with Gasteiger partial charge in [0.25, 0.3) is 0 Å². The molecule has 0 aromatic carbocycles. The highest BCUT2D eigenvalue weighted by Crippen LogP contribution is 2.31. The zero-order valence-corrected chi connectivity index (χ0v) is 14.1. The summed E-state index contributed by atoms with van der Waals surface area (Å²) in [4.78, 5) is 2.48. The van der Waals surface area contributed by atoms with Gasteiger partial charge in [-0.1, -0.05) is 41.0 Å². The number of nitrogens with zero attached hydrogens (tertiary/aromatic N) is 3. The fourth-order valence-corrected chi connectivity index (χ4v) is 2.70. The van der Waals surface area contributed by atoms with Gasteiger partial charge in [-0.25, -0.2) is 0 Å². The second kappa shape index (κ2) is 7.23. The minimum Gasteiger partial charge on any atom is -0.329 e. The molecular formula is C16H32N4. The van der Waals surface area contributed by atoms with Gasteiger partial charge in [-0.2, -0.15) is 5.10 Å². The highest BCUT2D eigenvalue weighted by Gasteiger charge is 2.28. The summed E-state index contributed by atoms with van der Waals surface area (Å²) in [5.74, 6) is 0. The second-order valence-electron chi connectivity index (χ2n) is 6.59. The van der Waals surface area contributed by atoms with Crippen molar-refractivity contribution < 1.29 is 0 Å². The van der Waals surface area contributed by atoms with Crippen LogP contribution < -0.4 is 5.73 Å². The first-order chi connectivity index (χ1) is 9.35. The van der Waals surface area contributed by atoms with Crippen LogP contribution in [-0.2, 0) is 12.5 Å². The van der Waals surface area contributed by atoms with Crippen molar-refractivity contribution in [3.8, 4) is 0 Å². The molecule has 4 nitrogen and oxygen atoms in total. The van der Waals surface area contributed by atoms with Crippen LogP contribution in [0.4, 0.5) is 0 Å². The average molecular weight is 280 g/mol. The van der Waals surface area contributed by atoms with Crippen molar-refractivity contribution in [2.24, 2.45) is 12.8 Å². The molecule has 0 aliphatic carbocycles. The normalized spacial score (nSPS) is 14.0. The lowest BCUT2D eigenvalue weighted by Crippen LogP contribution is -2.35. The molecule has 4 heteroatoms. The highest BCUT2D eigenvalue weighted by molar-refractivity contribution is 5.28. The minimum absolute atomic E-state index is 0.0498. The minimum atomic E-state index is 0.0498. The molecule has 20 heavy (non-hydrogen) atoms. The maximum Gasteiger partial charge on any atom is 0.0726 e. The van der Waals surface area contributed by atoms with Gasteiger partial charge < -0.3 is 5.73 Å². The molecule has 0 saturated carbocycles. The van der Waals surface area contributed by atoms with Gasteiger partial charge in [0.1, 0.15) is 0 Å². The molecule has 1 aromatic heterocycles. The van der Waals surface area contributed by atoms with Crippen molar-refractivity contribution in [1.82, 2.24) is 14.7 Å². The standard InChI is InChI=1S/C16H32N4/c1-7-9-10-20(8-2)14(11-17)13-12-19(6)18-15(13)16(3,4)5/h12,14H,7-11,17H2,1-6H3. The monoisotopic (exact) mass is 280 g/mol. The maximum absolute atomic E-state index is 6.10. The zero-order valence-electron chi connectivity index (χ0n) is 14.1. The third-order valence-electron chi connectivity index (χ3n) is 3.80. The summed E-state index contributed by atoms with van der Waals surface area (Å²) in [6.07, 6.45) is 4.58. The topological polar surface area (TPSA) is 47.1 Å². The lowest BCUT2D eigenvalue weighted by atomic mass is 9.87. The molecule has 1 rings (SSSR count). The number of nitrogens with two attached hydrogens (primary N) is 1. The molecule has 0 saturated heterocycles. The van der Waals surface area contributed by atoms with E-state index in [1.807, 2.05) is 11.7 Å². The Balaban J connectivity index is 3.11. The van der Waals surface area contributed by atoms with Crippen LogP contribution >= 0.6 is 0 Å². The van der Waals surface area contributed by atoms with Crippen LogP contribution in [0, 0.1) is 0 Å². The number of rotatable bonds is 7. The SMILES string of the molecule is CCCCN(CC)C(CN)c1cn(C)nc1C(C)(C)C. The molecule has 0 radical (unpaired) electrons. The van der Waals surface area contributed by atoms with E-state index in [1.165, 1.54) is 24.1 Å². The van der Waals surface area contributed by atoms with E-state index in [1.54, 1.807) is 0 Å². The molecule has 1 heterocycles. The van der Waals surface area contributed by atoms with Crippen molar-refractivity contribution in [2.45, 2.75) is 58.9 Å². The number of likely N-dealkylation sites (N-methyl/N-ethyl adjacent to an activating group) is 1. The van der Waals surface area contributed by atoms with Crippen LogP contribution in [0.15, 0.2) is 6.20 Å². The Bertz CT molecular complexity index is 403. The van der Waals surface area contributed by atoms with Crippen molar-refractivity contribution in [1.29, 1.82) is 0 Å². The van der Waals surface area contributed by atoms with Gasteiger partial charge in [0.05, 0.1) is 11.7 Å². The second-order valence-corrected chi connectivity index (χ2v) is 6.59. The number of hydrogen-bond acceptors (Lipinski definition) is 3. The van der Waals surface area contributed by atoms with E-state index in [0.717, 1.165) is 13.1 Å². The van der Waals surface area contributed by atoms with E-state index in [2.05, 4.69) is 50.8 Å². The molecule has 0 amide bonds. The van der Waals surface area contributed by atoms with Gasteiger partial charge in [0.15, 0.2) is 0 Å². The summed E-state index contributed by atoms with van der Waals surface area (Å²) < 4.78 is 1.92. The summed E-state index contributed by atoms with van der Waals surface area (Å²) >= 11 is 0. The van der Waals surface area contributed by atoms with E-state index in [-0.39, 0.29) is 11.5 Å². The van der Waals surface area contributed by atoms with Gasteiger partial charge in [-0.05, 0) is 19.5 Å². The van der Waals surface area contributed by atoms with E-state index in [9.17, 15) is 0 Å². The fourth-order valence-electron chi connectivity index (χ4n) is 2.70. The zero-order chi connectivity index (χ0) is 15.3. The molecular weight excluding hydrogens is 248 g/mol. The van der Waals surface area contributed by atoms with Crippen molar-refractivity contribution in [3.05, 3.63) is 17.5 Å². The van der Waals surface area contributed by atoms with Crippen molar-refractivity contribution >= 4 is 0 Å². The molecule has 0 aliphatic rings. The average Bonchev–Trinajstić information content (AvgIpc) is 2.76. The summed E-state index contributed by atoms with van der Waals surface area (Å²) in [6.45, 7) is 13.9. The van der Waals surface area contributed by atoms with Crippen LogP contribution in [0.2, 0.25) is 0 Å². The van der Waals surface area contributed by atoms with E-state index in [4.69, 9.17) is 5.73 Å². The van der Waals surface area contributed by atoms with Gasteiger partial charge >= 0.3 is 0 Å². The Kier molecular flexibility index (Phi) is 6.21. The van der Waals surface area contributed by atoms with Gasteiger partial charge in [0, 0.05) is 30.8 Å². The smallest absolute Gasteiger partial charge is 0.0726 e. The van der Waals surface area contributed by atoms with Crippen LogP contribution in [0.1, 0.15) is 64.8 Å². The van der Waals surface area contributed by atoms with Crippen LogP contribution in [0.5, 0.6) is 0 Å². The summed E-state index contributed by atoms with van der Waals surface area (Å²) in [6, 6.07) is 0.273. The Labute approximate surface area is 124 Å². The molecule has 116 valence electrons. The third-order valence-corrected chi connectivity index (χ3v) is 3.80. The summed E-state index contributed by atoms with van der Waals surface area (Å²) in [7, 11) is 1.99. The van der Waals surface area contributed by atoms with Crippen LogP contribution in [0.25, 0.3) is 0 Å². The molecule has 0 spiro atoms. The lowest BCUT2D eigenvalue weighted by Gasteiger charge is -2.31. The molecule has 1 aromatic rings. The summed E-state index contributed by atoms with van der Waals surface area (Å²) in [5.41, 5.74) is 8.61. The van der Waals surface area contributed by atoms with Crippen molar-refractivity contribution in [3.63, 3.8) is 0 Å². The Hall–Kier alpha value is -0.870. The summed E-state index contributed by atoms with van der Waals surface area (Å²) in [5, 5.41) is 4.68. The number of aromatic nitrogens is 2. The number of unbranched alkanes of at least 4 members (excludes halogenated alkanes) is 1. The first-order valence-corrected chi connectivity index (χ1v) is 7.83. The van der Waals surface area contributed by atoms with E-state index < -0.39 is 0 Å². The molecule has 2 N–H and O–H groups in total. The van der Waals surface area contributed by atoms with Gasteiger partial charge in [-0.3, -0.25) is 9.58 Å². The fraction of sp³-hybridized carbons (Fsp3) is 0.812. The molecule has 0 bridgehead atoms.